The maximum Gasteiger partial charge on any atom is 0.317 e. The van der Waals surface area contributed by atoms with Gasteiger partial charge in [0.25, 0.3) is 5.91 Å². The van der Waals surface area contributed by atoms with Crippen LogP contribution in [0.4, 0.5) is 4.79 Å². The maximum absolute atomic E-state index is 12.8. The molecule has 4 rings (SSSR count). The number of nitrogens with zero attached hydrogens (tertiary/aromatic N) is 3. The van der Waals surface area contributed by atoms with Crippen LogP contribution >= 0.6 is 0 Å². The molecule has 7 nitrogen and oxygen atoms in total. The van der Waals surface area contributed by atoms with Crippen molar-refractivity contribution in [2.45, 2.75) is 32.4 Å². The highest BCUT2D eigenvalue weighted by Gasteiger charge is 2.28. The zero-order valence-electron chi connectivity index (χ0n) is 17.5. The number of hydrogen-bond donors (Lipinski definition) is 1. The van der Waals surface area contributed by atoms with E-state index in [1.807, 2.05) is 17.9 Å². The van der Waals surface area contributed by atoms with Gasteiger partial charge < -0.3 is 19.5 Å². The molecule has 2 fully saturated rings. The summed E-state index contributed by atoms with van der Waals surface area (Å²) in [7, 11) is 0. The van der Waals surface area contributed by atoms with Crippen molar-refractivity contribution < 1.29 is 14.0 Å². The number of carbonyl (C=O) groups is 2. The van der Waals surface area contributed by atoms with Gasteiger partial charge in [0.15, 0.2) is 5.76 Å². The van der Waals surface area contributed by atoms with E-state index >= 15 is 0 Å². The molecule has 3 amide bonds. The van der Waals surface area contributed by atoms with Crippen molar-refractivity contribution >= 4 is 11.9 Å². The molecule has 1 N–H and O–H groups in total. The lowest BCUT2D eigenvalue weighted by Gasteiger charge is -2.37. The number of amides is 3. The van der Waals surface area contributed by atoms with E-state index in [-0.39, 0.29) is 18.0 Å². The first-order chi connectivity index (χ1) is 14.6. The van der Waals surface area contributed by atoms with Crippen LogP contribution in [0, 0.1) is 6.92 Å². The number of piperazine rings is 1. The van der Waals surface area contributed by atoms with Crippen LogP contribution < -0.4 is 5.32 Å². The average Bonchev–Trinajstić information content (AvgIpc) is 3.20. The zero-order valence-corrected chi connectivity index (χ0v) is 17.5. The van der Waals surface area contributed by atoms with Crippen molar-refractivity contribution in [2.24, 2.45) is 0 Å². The molecular formula is C23H30N4O3. The van der Waals surface area contributed by atoms with Crippen LogP contribution in [0.2, 0.25) is 0 Å². The fourth-order valence-electron chi connectivity index (χ4n) is 4.24. The zero-order chi connectivity index (χ0) is 20.9. The lowest BCUT2D eigenvalue weighted by atomic mass is 10.0. The van der Waals surface area contributed by atoms with Gasteiger partial charge in [-0.25, -0.2) is 4.79 Å². The largest absolute Gasteiger partial charge is 0.456 e. The van der Waals surface area contributed by atoms with Crippen LogP contribution in [0.5, 0.6) is 0 Å². The summed E-state index contributed by atoms with van der Waals surface area (Å²) < 4.78 is 5.44. The Bertz CT molecular complexity index is 858. The summed E-state index contributed by atoms with van der Waals surface area (Å²) in [5.74, 6) is 0.989. The van der Waals surface area contributed by atoms with E-state index in [1.54, 1.807) is 17.0 Å². The number of piperidine rings is 1. The molecule has 2 aromatic rings. The first kappa shape index (κ1) is 20.5. The molecule has 30 heavy (non-hydrogen) atoms. The molecule has 1 atom stereocenters. The van der Waals surface area contributed by atoms with Crippen LogP contribution in [0.3, 0.4) is 0 Å². The molecule has 1 unspecified atom stereocenters. The Balaban J connectivity index is 1.24. The van der Waals surface area contributed by atoms with E-state index < -0.39 is 0 Å². The molecule has 1 aromatic carbocycles. The van der Waals surface area contributed by atoms with Gasteiger partial charge in [-0.15, -0.1) is 0 Å². The van der Waals surface area contributed by atoms with E-state index in [1.165, 1.54) is 5.56 Å². The highest BCUT2D eigenvalue weighted by molar-refractivity contribution is 5.91. The molecule has 2 saturated heterocycles. The van der Waals surface area contributed by atoms with Gasteiger partial charge in [-0.2, -0.15) is 0 Å². The van der Waals surface area contributed by atoms with Gasteiger partial charge in [0.2, 0.25) is 0 Å². The van der Waals surface area contributed by atoms with Crippen molar-refractivity contribution in [2.75, 3.05) is 39.3 Å². The van der Waals surface area contributed by atoms with E-state index in [0.717, 1.165) is 38.2 Å². The molecule has 160 valence electrons. The number of likely N-dealkylation sites (tertiary alicyclic amines) is 1. The van der Waals surface area contributed by atoms with E-state index in [9.17, 15) is 9.59 Å². The number of aryl methyl sites for hydroxylation is 1. The highest BCUT2D eigenvalue weighted by atomic mass is 16.3. The SMILES string of the molecule is Cc1ccc(C(=O)N2CCN(C(=O)NC3CCCN(Cc4ccccc4)C3)CC2)o1. The average molecular weight is 411 g/mol. The number of hydrogen-bond acceptors (Lipinski definition) is 4. The van der Waals surface area contributed by atoms with Crippen molar-refractivity contribution in [3.8, 4) is 0 Å². The smallest absolute Gasteiger partial charge is 0.317 e. The number of nitrogens with one attached hydrogen (secondary N) is 1. The van der Waals surface area contributed by atoms with Crippen LogP contribution in [0.15, 0.2) is 46.9 Å². The van der Waals surface area contributed by atoms with Crippen molar-refractivity contribution in [1.82, 2.24) is 20.0 Å². The number of urea groups is 1. The van der Waals surface area contributed by atoms with Crippen LogP contribution in [0.25, 0.3) is 0 Å². The fraction of sp³-hybridized carbons (Fsp3) is 0.478. The summed E-state index contributed by atoms with van der Waals surface area (Å²) in [6.45, 7) is 6.81. The number of furan rings is 1. The summed E-state index contributed by atoms with van der Waals surface area (Å²) in [4.78, 5) is 31.2. The Labute approximate surface area is 177 Å². The second kappa shape index (κ2) is 9.34. The molecule has 2 aliphatic rings. The third-order valence-electron chi connectivity index (χ3n) is 5.89. The van der Waals surface area contributed by atoms with Gasteiger partial charge >= 0.3 is 6.03 Å². The number of carbonyl (C=O) groups excluding carboxylic acids is 2. The molecular weight excluding hydrogens is 380 g/mol. The van der Waals surface area contributed by atoms with E-state index in [4.69, 9.17) is 4.42 Å². The first-order valence-corrected chi connectivity index (χ1v) is 10.8. The molecule has 7 heteroatoms. The Morgan fingerprint density at radius 2 is 1.73 bits per heavy atom. The Hall–Kier alpha value is -2.80. The third kappa shape index (κ3) is 5.02. The fourth-order valence-corrected chi connectivity index (χ4v) is 4.24. The first-order valence-electron chi connectivity index (χ1n) is 10.8. The lowest BCUT2D eigenvalue weighted by molar-refractivity contribution is 0.0628. The molecule has 0 spiro atoms. The van der Waals surface area contributed by atoms with Crippen molar-refractivity contribution in [3.63, 3.8) is 0 Å². The van der Waals surface area contributed by atoms with Crippen molar-refractivity contribution in [1.29, 1.82) is 0 Å². The monoisotopic (exact) mass is 410 g/mol. The Morgan fingerprint density at radius 1 is 1.00 bits per heavy atom. The van der Waals surface area contributed by atoms with Crippen molar-refractivity contribution in [3.05, 3.63) is 59.5 Å². The molecule has 0 bridgehead atoms. The second-order valence-corrected chi connectivity index (χ2v) is 8.20. The Morgan fingerprint density at radius 3 is 2.43 bits per heavy atom. The van der Waals surface area contributed by atoms with Gasteiger partial charge in [-0.05, 0) is 44.0 Å². The lowest BCUT2D eigenvalue weighted by Crippen LogP contribution is -2.56. The minimum absolute atomic E-state index is 0.0255. The summed E-state index contributed by atoms with van der Waals surface area (Å²) in [6.07, 6.45) is 2.09. The third-order valence-corrected chi connectivity index (χ3v) is 5.89. The summed E-state index contributed by atoms with van der Waals surface area (Å²) in [5.41, 5.74) is 1.30. The minimum atomic E-state index is -0.105. The predicted octanol–water partition coefficient (Wildman–Crippen LogP) is 2.72. The number of benzene rings is 1. The maximum atomic E-state index is 12.8. The quantitative estimate of drug-likeness (QED) is 0.842. The normalized spacial score (nSPS) is 20.2. The van der Waals surface area contributed by atoms with Gasteiger partial charge in [0.05, 0.1) is 0 Å². The second-order valence-electron chi connectivity index (χ2n) is 8.20. The van der Waals surface area contributed by atoms with Gasteiger partial charge in [0.1, 0.15) is 5.76 Å². The molecule has 0 saturated carbocycles. The van der Waals surface area contributed by atoms with Crippen LogP contribution in [-0.4, -0.2) is 71.9 Å². The van der Waals surface area contributed by atoms with Crippen LogP contribution in [0.1, 0.15) is 34.7 Å². The van der Waals surface area contributed by atoms with Crippen LogP contribution in [-0.2, 0) is 6.54 Å². The standard InChI is InChI=1S/C23H30N4O3/c1-18-9-10-21(30-18)22(28)26-12-14-27(15-13-26)23(29)24-20-8-5-11-25(17-20)16-19-6-3-2-4-7-19/h2-4,6-7,9-10,20H,5,8,11-17H2,1H3,(H,24,29). The molecule has 0 radical (unpaired) electrons. The topological polar surface area (TPSA) is 69.0 Å². The molecule has 0 aliphatic carbocycles. The predicted molar refractivity (Wildman–Crippen MR) is 114 cm³/mol. The highest BCUT2D eigenvalue weighted by Crippen LogP contribution is 2.15. The summed E-state index contributed by atoms with van der Waals surface area (Å²) in [5, 5.41) is 3.21. The molecule has 3 heterocycles. The van der Waals surface area contributed by atoms with E-state index in [2.05, 4.69) is 34.5 Å². The Kier molecular flexibility index (Phi) is 6.38. The minimum Gasteiger partial charge on any atom is -0.456 e. The summed E-state index contributed by atoms with van der Waals surface area (Å²) in [6, 6.07) is 14.1. The number of rotatable bonds is 4. The van der Waals surface area contributed by atoms with Gasteiger partial charge in [-0.1, -0.05) is 30.3 Å². The van der Waals surface area contributed by atoms with Gasteiger partial charge in [-0.3, -0.25) is 9.69 Å². The molecule has 1 aromatic heterocycles. The van der Waals surface area contributed by atoms with E-state index in [0.29, 0.717) is 31.9 Å². The summed E-state index contributed by atoms with van der Waals surface area (Å²) >= 11 is 0. The van der Waals surface area contributed by atoms with Gasteiger partial charge in [0, 0.05) is 45.3 Å². The molecule has 2 aliphatic heterocycles.